The Morgan fingerprint density at radius 1 is 1.10 bits per heavy atom. The van der Waals surface area contributed by atoms with Gasteiger partial charge in [0, 0.05) is 23.7 Å². The van der Waals surface area contributed by atoms with Crippen molar-refractivity contribution >= 4 is 29.4 Å². The van der Waals surface area contributed by atoms with E-state index < -0.39 is 23.5 Å². The first-order chi connectivity index (χ1) is 13.8. The van der Waals surface area contributed by atoms with Crippen LogP contribution >= 0.6 is 11.6 Å². The Kier molecular flexibility index (Phi) is 4.82. The summed E-state index contributed by atoms with van der Waals surface area (Å²) in [7, 11) is 0. The monoisotopic (exact) mass is 411 g/mol. The van der Waals surface area contributed by atoms with Crippen molar-refractivity contribution < 1.29 is 14.4 Å². The van der Waals surface area contributed by atoms with E-state index in [0.717, 1.165) is 16.9 Å². The molecule has 150 valence electrons. The number of benzene rings is 2. The number of imide groups is 1. The van der Waals surface area contributed by atoms with Crippen molar-refractivity contribution in [3.8, 4) is 0 Å². The quantitative estimate of drug-likeness (QED) is 0.789. The van der Waals surface area contributed by atoms with Gasteiger partial charge in [0.05, 0.1) is 0 Å². The van der Waals surface area contributed by atoms with Crippen molar-refractivity contribution in [2.45, 2.75) is 38.4 Å². The first kappa shape index (κ1) is 19.5. The minimum Gasteiger partial charge on any atom is -0.336 e. The van der Waals surface area contributed by atoms with E-state index in [1.54, 1.807) is 43.0 Å². The van der Waals surface area contributed by atoms with Crippen molar-refractivity contribution in [1.29, 1.82) is 0 Å². The standard InChI is InChI=1S/C22H22ClN3O3/c1-14(19(27)25-12-11-15-7-3-4-8-16(15)13-25)26-20(28)22(2,24-21(26)29)17-9-5-6-10-18(17)23/h3-10,14H,11-13H2,1-2H3,(H,24,29)/t14-,22-/m0/s1. The van der Waals surface area contributed by atoms with Gasteiger partial charge in [-0.05, 0) is 37.5 Å². The molecule has 2 aliphatic heterocycles. The lowest BCUT2D eigenvalue weighted by Gasteiger charge is -2.33. The van der Waals surface area contributed by atoms with E-state index in [1.807, 2.05) is 18.2 Å². The molecular formula is C22H22ClN3O3. The largest absolute Gasteiger partial charge is 0.336 e. The van der Waals surface area contributed by atoms with Crippen LogP contribution in [-0.2, 0) is 28.1 Å². The second-order valence-electron chi connectivity index (χ2n) is 7.66. The van der Waals surface area contributed by atoms with Crippen LogP contribution in [0.25, 0.3) is 0 Å². The third kappa shape index (κ3) is 3.17. The summed E-state index contributed by atoms with van der Waals surface area (Å²) in [5.74, 6) is -0.722. The molecule has 2 aromatic rings. The fourth-order valence-electron chi connectivity index (χ4n) is 4.12. The van der Waals surface area contributed by atoms with Crippen molar-refractivity contribution in [2.75, 3.05) is 6.54 Å². The van der Waals surface area contributed by atoms with Crippen LogP contribution in [-0.4, -0.2) is 40.2 Å². The molecule has 4 amide bonds. The summed E-state index contributed by atoms with van der Waals surface area (Å²) >= 11 is 6.27. The maximum atomic E-state index is 13.2. The Bertz CT molecular complexity index is 1010. The topological polar surface area (TPSA) is 69.7 Å². The number of hydrogen-bond donors (Lipinski definition) is 1. The molecule has 0 unspecified atom stereocenters. The van der Waals surface area contributed by atoms with E-state index in [0.29, 0.717) is 23.7 Å². The number of nitrogens with zero attached hydrogens (tertiary/aromatic N) is 2. The Balaban J connectivity index is 1.57. The first-order valence-electron chi connectivity index (χ1n) is 9.59. The van der Waals surface area contributed by atoms with Crippen LogP contribution in [0.4, 0.5) is 4.79 Å². The van der Waals surface area contributed by atoms with Crippen LogP contribution in [0.15, 0.2) is 48.5 Å². The zero-order chi connectivity index (χ0) is 20.8. The highest BCUT2D eigenvalue weighted by Gasteiger charge is 2.52. The fourth-order valence-corrected chi connectivity index (χ4v) is 4.44. The number of amides is 4. The molecule has 0 aromatic heterocycles. The highest BCUT2D eigenvalue weighted by Crippen LogP contribution is 2.34. The van der Waals surface area contributed by atoms with Gasteiger partial charge in [0.1, 0.15) is 11.6 Å². The summed E-state index contributed by atoms with van der Waals surface area (Å²) in [4.78, 5) is 41.8. The second kappa shape index (κ2) is 7.19. The molecule has 1 fully saturated rings. The molecule has 6 nitrogen and oxygen atoms in total. The Labute approximate surface area is 174 Å². The maximum Gasteiger partial charge on any atom is 0.326 e. The molecule has 1 saturated heterocycles. The van der Waals surface area contributed by atoms with Gasteiger partial charge in [0.15, 0.2) is 0 Å². The molecule has 4 rings (SSSR count). The van der Waals surface area contributed by atoms with Gasteiger partial charge in [-0.1, -0.05) is 54.1 Å². The van der Waals surface area contributed by atoms with Crippen LogP contribution < -0.4 is 5.32 Å². The SMILES string of the molecule is C[C@@H](C(=O)N1CCc2ccccc2C1)N1C(=O)N[C@@](C)(c2ccccc2Cl)C1=O. The lowest BCUT2D eigenvalue weighted by atomic mass is 9.91. The lowest BCUT2D eigenvalue weighted by Crippen LogP contribution is -2.51. The summed E-state index contributed by atoms with van der Waals surface area (Å²) < 4.78 is 0. The summed E-state index contributed by atoms with van der Waals surface area (Å²) in [5, 5.41) is 3.11. The van der Waals surface area contributed by atoms with Crippen molar-refractivity contribution in [1.82, 2.24) is 15.1 Å². The van der Waals surface area contributed by atoms with Gasteiger partial charge < -0.3 is 10.2 Å². The van der Waals surface area contributed by atoms with E-state index in [2.05, 4.69) is 11.4 Å². The van der Waals surface area contributed by atoms with Gasteiger partial charge in [-0.15, -0.1) is 0 Å². The highest BCUT2D eigenvalue weighted by molar-refractivity contribution is 6.32. The highest BCUT2D eigenvalue weighted by atomic mass is 35.5. The second-order valence-corrected chi connectivity index (χ2v) is 8.07. The molecule has 2 aromatic carbocycles. The van der Waals surface area contributed by atoms with Crippen molar-refractivity contribution in [3.63, 3.8) is 0 Å². The summed E-state index contributed by atoms with van der Waals surface area (Å²) in [6.07, 6.45) is 0.756. The summed E-state index contributed by atoms with van der Waals surface area (Å²) in [6, 6.07) is 13.4. The average molecular weight is 412 g/mol. The van der Waals surface area contributed by atoms with E-state index in [1.165, 1.54) is 5.56 Å². The van der Waals surface area contributed by atoms with Crippen LogP contribution in [0.5, 0.6) is 0 Å². The molecule has 0 aliphatic carbocycles. The minimum atomic E-state index is -1.31. The van der Waals surface area contributed by atoms with Crippen molar-refractivity contribution in [3.05, 3.63) is 70.2 Å². The zero-order valence-electron chi connectivity index (χ0n) is 16.3. The predicted octanol–water partition coefficient (Wildman–Crippen LogP) is 3.08. The molecule has 2 aliphatic rings. The van der Waals surface area contributed by atoms with E-state index in [9.17, 15) is 14.4 Å². The third-order valence-electron chi connectivity index (χ3n) is 5.82. The molecule has 1 N–H and O–H groups in total. The summed E-state index contributed by atoms with van der Waals surface area (Å²) in [5.41, 5.74) is 1.52. The van der Waals surface area contributed by atoms with Gasteiger partial charge >= 0.3 is 6.03 Å². The Morgan fingerprint density at radius 3 is 2.48 bits per heavy atom. The number of rotatable bonds is 3. The molecule has 2 heterocycles. The van der Waals surface area contributed by atoms with Crippen LogP contribution in [0, 0.1) is 0 Å². The maximum absolute atomic E-state index is 13.2. The normalized spacial score (nSPS) is 22.3. The van der Waals surface area contributed by atoms with Crippen LogP contribution in [0.2, 0.25) is 5.02 Å². The molecule has 0 saturated carbocycles. The van der Waals surface area contributed by atoms with Crippen molar-refractivity contribution in [2.24, 2.45) is 0 Å². The number of hydrogen-bond acceptors (Lipinski definition) is 3. The van der Waals surface area contributed by atoms with Gasteiger partial charge in [-0.2, -0.15) is 0 Å². The number of halogens is 1. The van der Waals surface area contributed by atoms with E-state index in [4.69, 9.17) is 11.6 Å². The molecule has 0 spiro atoms. The molecule has 7 heteroatoms. The number of carbonyl (C=O) groups is 3. The Hall–Kier alpha value is -2.86. The average Bonchev–Trinajstić information content (AvgIpc) is 2.95. The fraction of sp³-hybridized carbons (Fsp3) is 0.318. The van der Waals surface area contributed by atoms with Gasteiger partial charge in [-0.3, -0.25) is 9.59 Å². The summed E-state index contributed by atoms with van der Waals surface area (Å²) in [6.45, 7) is 4.25. The minimum absolute atomic E-state index is 0.244. The van der Waals surface area contributed by atoms with Gasteiger partial charge in [0.25, 0.3) is 5.91 Å². The Morgan fingerprint density at radius 2 is 1.76 bits per heavy atom. The third-order valence-corrected chi connectivity index (χ3v) is 6.15. The zero-order valence-corrected chi connectivity index (χ0v) is 17.1. The molecule has 0 bridgehead atoms. The van der Waals surface area contributed by atoms with Crippen LogP contribution in [0.1, 0.15) is 30.5 Å². The lowest BCUT2D eigenvalue weighted by molar-refractivity contribution is -0.143. The van der Waals surface area contributed by atoms with E-state index >= 15 is 0 Å². The van der Waals surface area contributed by atoms with Crippen LogP contribution in [0.3, 0.4) is 0 Å². The number of nitrogens with one attached hydrogen (secondary N) is 1. The predicted molar refractivity (Wildman–Crippen MR) is 109 cm³/mol. The van der Waals surface area contributed by atoms with E-state index in [-0.39, 0.29) is 5.91 Å². The van der Waals surface area contributed by atoms with Gasteiger partial charge in [0.2, 0.25) is 5.91 Å². The number of fused-ring (bicyclic) bond motifs is 1. The molecular weight excluding hydrogens is 390 g/mol. The molecule has 2 atom stereocenters. The number of carbonyl (C=O) groups excluding carboxylic acids is 3. The first-order valence-corrected chi connectivity index (χ1v) is 9.97. The van der Waals surface area contributed by atoms with Gasteiger partial charge in [-0.25, -0.2) is 9.69 Å². The molecule has 29 heavy (non-hydrogen) atoms. The number of urea groups is 1. The molecule has 0 radical (unpaired) electrons. The smallest absolute Gasteiger partial charge is 0.326 e.